The average molecular weight is 205 g/mol. The van der Waals surface area contributed by atoms with Crippen LogP contribution in [0.2, 0.25) is 0 Å². The summed E-state index contributed by atoms with van der Waals surface area (Å²) in [5.41, 5.74) is 1.51. The van der Waals surface area contributed by atoms with Gasteiger partial charge in [0.05, 0.1) is 8.48 Å². The lowest BCUT2D eigenvalue weighted by atomic mass is 10.2. The summed E-state index contributed by atoms with van der Waals surface area (Å²) in [6.45, 7) is 6.24. The zero-order valence-electron chi connectivity index (χ0n) is 10.1. The first-order valence-corrected chi connectivity index (χ1v) is 4.45. The highest BCUT2D eigenvalue weighted by Gasteiger charge is 1.95. The topological polar surface area (TPSA) is 26.3 Å². The number of rotatable bonds is 2. The molecular weight excluding hydrogens is 188 g/mol. The van der Waals surface area contributed by atoms with Crippen molar-refractivity contribution in [3.05, 3.63) is 54.6 Å². The van der Waals surface area contributed by atoms with Crippen LogP contribution >= 0.6 is 0 Å². The Kier molecular flexibility index (Phi) is 5.67. The fourth-order valence-electron chi connectivity index (χ4n) is 0.738. The minimum absolute atomic E-state index is 0.347. The maximum absolute atomic E-state index is 10.2. The number of hydrogen-bond acceptors (Lipinski definition) is 2. The molecule has 0 N–H and O–H groups in total. The van der Waals surface area contributed by atoms with Crippen LogP contribution in [0.3, 0.4) is 0 Å². The molecule has 2 heteroatoms. The van der Waals surface area contributed by atoms with Gasteiger partial charge in [0.1, 0.15) is 0 Å². The molecule has 0 radical (unpaired) electrons. The first kappa shape index (κ1) is 11.2. The van der Waals surface area contributed by atoms with E-state index in [9.17, 15) is 4.79 Å². The molecule has 0 heterocycles. The van der Waals surface area contributed by atoms with Crippen LogP contribution in [0.15, 0.2) is 49.0 Å². The van der Waals surface area contributed by atoms with E-state index in [2.05, 4.69) is 11.3 Å². The minimum atomic E-state index is -0.347. The summed E-state index contributed by atoms with van der Waals surface area (Å²) in [6, 6.07) is 9.79. The molecule has 15 heavy (non-hydrogen) atoms. The largest absolute Gasteiger partial charge is 0.466 e. The van der Waals surface area contributed by atoms with E-state index in [-0.39, 0.29) is 5.97 Å². The highest BCUT2D eigenvalue weighted by molar-refractivity contribution is 5.86. The fourth-order valence-corrected chi connectivity index (χ4v) is 0.738. The summed E-state index contributed by atoms with van der Waals surface area (Å²) in [5, 5.41) is 0. The van der Waals surface area contributed by atoms with Gasteiger partial charge in [-0.25, -0.2) is 4.79 Å². The van der Waals surface area contributed by atoms with Crippen LogP contribution in [-0.4, -0.2) is 13.1 Å². The van der Waals surface area contributed by atoms with E-state index in [4.69, 9.17) is 1.37 Å². The van der Waals surface area contributed by atoms with Crippen molar-refractivity contribution in [1.82, 2.24) is 0 Å². The van der Waals surface area contributed by atoms with Gasteiger partial charge >= 0.3 is 5.97 Å². The van der Waals surface area contributed by atoms with Crippen molar-refractivity contribution >= 4 is 12.0 Å². The van der Waals surface area contributed by atoms with Gasteiger partial charge in [0.2, 0.25) is 0 Å². The molecule has 0 aromatic heterocycles. The summed E-state index contributed by atoms with van der Waals surface area (Å²) < 4.78 is 11.0. The lowest BCUT2D eigenvalue weighted by Gasteiger charge is -1.91. The Hall–Kier alpha value is -1.83. The van der Waals surface area contributed by atoms with Gasteiger partial charge in [0, 0.05) is 5.57 Å². The van der Waals surface area contributed by atoms with Crippen molar-refractivity contribution in [2.24, 2.45) is 0 Å². The Balaban J connectivity index is 0.000000293. The predicted octanol–water partition coefficient (Wildman–Crippen LogP) is 3.07. The summed E-state index contributed by atoms with van der Waals surface area (Å²) in [6.07, 6.45) is 1.75. The van der Waals surface area contributed by atoms with Crippen LogP contribution in [0.1, 0.15) is 13.9 Å². The third-order valence-corrected chi connectivity index (χ3v) is 1.53. The Morgan fingerprint density at radius 2 is 2.07 bits per heavy atom. The molecule has 0 atom stereocenters. The number of ether oxygens (including phenoxy) is 1. The number of hydrogen-bond donors (Lipinski definition) is 0. The van der Waals surface area contributed by atoms with Crippen LogP contribution in [0.4, 0.5) is 0 Å². The van der Waals surface area contributed by atoms with Crippen LogP contribution in [0.25, 0.3) is 6.08 Å². The SMILES string of the molecule is C=C(C)C(=O)OC.[2H]/C=C/c1ccccc1. The Labute approximate surface area is 92.3 Å². The molecule has 0 fully saturated rings. The quantitative estimate of drug-likeness (QED) is 0.548. The van der Waals surface area contributed by atoms with Crippen LogP contribution in [-0.2, 0) is 9.53 Å². The van der Waals surface area contributed by atoms with Gasteiger partial charge in [-0.3, -0.25) is 0 Å². The summed E-state index contributed by atoms with van der Waals surface area (Å²) in [4.78, 5) is 10.2. The van der Waals surface area contributed by atoms with Crippen molar-refractivity contribution in [3.8, 4) is 0 Å². The van der Waals surface area contributed by atoms with Crippen molar-refractivity contribution in [2.75, 3.05) is 7.11 Å². The lowest BCUT2D eigenvalue weighted by molar-refractivity contribution is -0.136. The average Bonchev–Trinajstić information content (AvgIpc) is 2.30. The Bertz CT molecular complexity index is 355. The lowest BCUT2D eigenvalue weighted by Crippen LogP contribution is -1.98. The molecule has 80 valence electrons. The van der Waals surface area contributed by atoms with E-state index in [1.807, 2.05) is 30.3 Å². The standard InChI is InChI=1S/C8H8.C5H8O2/c1-2-8-6-4-3-5-7-8;1-4(2)5(6)7-3/h2-7H,1H2;1H2,2-3H3/i1D;/b2-1+;. The Morgan fingerprint density at radius 1 is 1.47 bits per heavy atom. The van der Waals surface area contributed by atoms with Crippen LogP contribution in [0.5, 0.6) is 0 Å². The third-order valence-electron chi connectivity index (χ3n) is 1.53. The van der Waals surface area contributed by atoms with Gasteiger partial charge in [-0.1, -0.05) is 49.5 Å². The molecule has 1 aromatic carbocycles. The molecular formula is C13H16O2. The predicted molar refractivity (Wildman–Crippen MR) is 63.4 cm³/mol. The van der Waals surface area contributed by atoms with Gasteiger partial charge in [-0.2, -0.15) is 0 Å². The van der Waals surface area contributed by atoms with Crippen LogP contribution in [0, 0.1) is 0 Å². The van der Waals surface area contributed by atoms with Gasteiger partial charge in [0.25, 0.3) is 0 Å². The first-order chi connectivity index (χ1) is 7.61. The fraction of sp³-hybridized carbons (Fsp3) is 0.154. The molecule has 1 rings (SSSR count). The first-order valence-electron chi connectivity index (χ1n) is 5.03. The zero-order chi connectivity index (χ0) is 12.4. The van der Waals surface area contributed by atoms with Crippen molar-refractivity contribution in [1.29, 1.82) is 0 Å². The zero-order valence-corrected chi connectivity index (χ0v) is 9.07. The Morgan fingerprint density at radius 3 is 2.40 bits per heavy atom. The minimum Gasteiger partial charge on any atom is -0.466 e. The highest BCUT2D eigenvalue weighted by atomic mass is 16.5. The highest BCUT2D eigenvalue weighted by Crippen LogP contribution is 1.97. The van der Waals surface area contributed by atoms with Gasteiger partial charge in [-0.05, 0) is 12.5 Å². The molecule has 0 aliphatic carbocycles. The molecule has 0 spiro atoms. The second-order valence-corrected chi connectivity index (χ2v) is 2.85. The normalized spacial score (nSPS) is 9.87. The summed E-state index contributed by atoms with van der Waals surface area (Å²) in [5.74, 6) is -0.347. The molecule has 0 amide bonds. The van der Waals surface area contributed by atoms with E-state index >= 15 is 0 Å². The molecule has 0 saturated heterocycles. The van der Waals surface area contributed by atoms with Crippen molar-refractivity contribution < 1.29 is 10.9 Å². The molecule has 0 unspecified atom stereocenters. The van der Waals surface area contributed by atoms with Crippen molar-refractivity contribution in [2.45, 2.75) is 6.92 Å². The molecule has 0 saturated carbocycles. The summed E-state index contributed by atoms with van der Waals surface area (Å²) in [7, 11) is 1.33. The number of methoxy groups -OCH3 is 1. The molecule has 0 aliphatic rings. The monoisotopic (exact) mass is 205 g/mol. The van der Waals surface area contributed by atoms with E-state index < -0.39 is 0 Å². The van der Waals surface area contributed by atoms with E-state index in [1.54, 1.807) is 13.0 Å². The van der Waals surface area contributed by atoms with Gasteiger partial charge in [0.15, 0.2) is 0 Å². The maximum atomic E-state index is 10.2. The van der Waals surface area contributed by atoms with E-state index in [1.165, 1.54) is 13.7 Å². The van der Waals surface area contributed by atoms with Gasteiger partial charge < -0.3 is 4.74 Å². The maximum Gasteiger partial charge on any atom is 0.332 e. The van der Waals surface area contributed by atoms with Crippen LogP contribution < -0.4 is 0 Å². The molecule has 1 aromatic rings. The van der Waals surface area contributed by atoms with Gasteiger partial charge in [-0.15, -0.1) is 0 Å². The number of esters is 1. The molecule has 0 bridgehead atoms. The second kappa shape index (κ2) is 7.56. The second-order valence-electron chi connectivity index (χ2n) is 2.85. The van der Waals surface area contributed by atoms with Crippen molar-refractivity contribution in [3.63, 3.8) is 0 Å². The third kappa shape index (κ3) is 6.27. The number of benzene rings is 1. The molecule has 2 nitrogen and oxygen atoms in total. The number of carbonyl (C=O) groups excluding carboxylic acids is 1. The number of carbonyl (C=O) groups is 1. The smallest absolute Gasteiger partial charge is 0.332 e. The molecule has 0 aliphatic heterocycles. The van der Waals surface area contributed by atoms with E-state index in [0.29, 0.717) is 5.57 Å². The summed E-state index contributed by atoms with van der Waals surface area (Å²) >= 11 is 0. The van der Waals surface area contributed by atoms with E-state index in [0.717, 1.165) is 5.56 Å².